The molecule has 0 aliphatic rings. The number of thioether (sulfide) groups is 1. The molecule has 5 rings (SSSR count). The third kappa shape index (κ3) is 4.39. The van der Waals surface area contributed by atoms with Crippen molar-refractivity contribution >= 4 is 11.8 Å². The van der Waals surface area contributed by atoms with Crippen molar-refractivity contribution in [2.45, 2.75) is 17.5 Å². The van der Waals surface area contributed by atoms with E-state index in [4.69, 9.17) is 4.52 Å². The Morgan fingerprint density at radius 2 is 1.61 bits per heavy atom. The molecule has 0 aliphatic heterocycles. The molecule has 0 unspecified atom stereocenters. The van der Waals surface area contributed by atoms with Crippen LogP contribution in [-0.4, -0.2) is 29.9 Å². The van der Waals surface area contributed by atoms with E-state index in [0.717, 1.165) is 22.1 Å². The van der Waals surface area contributed by atoms with Gasteiger partial charge >= 0.3 is 0 Å². The average molecular weight is 427 g/mol. The van der Waals surface area contributed by atoms with E-state index in [0.29, 0.717) is 24.0 Å². The normalized spacial score (nSPS) is 11.0. The predicted octanol–water partition coefficient (Wildman–Crippen LogP) is 4.73. The first-order valence-corrected chi connectivity index (χ1v) is 10.7. The number of pyridine rings is 1. The van der Waals surface area contributed by atoms with Gasteiger partial charge in [-0.1, -0.05) is 65.4 Å². The molecule has 3 heterocycles. The molecule has 0 saturated heterocycles. The number of hydrogen-bond acceptors (Lipinski definition) is 7. The number of aromatic nitrogens is 6. The summed E-state index contributed by atoms with van der Waals surface area (Å²) in [6, 6.07) is 23.9. The fourth-order valence-corrected chi connectivity index (χ4v) is 3.93. The van der Waals surface area contributed by atoms with Crippen LogP contribution in [0.3, 0.4) is 0 Å². The summed E-state index contributed by atoms with van der Waals surface area (Å²) >= 11 is 1.53. The topological polar surface area (TPSA) is 82.5 Å². The molecule has 0 aliphatic carbocycles. The van der Waals surface area contributed by atoms with E-state index >= 15 is 0 Å². The van der Waals surface area contributed by atoms with Crippen LogP contribution in [0.25, 0.3) is 22.8 Å². The summed E-state index contributed by atoms with van der Waals surface area (Å²) in [5.74, 6) is 2.42. The van der Waals surface area contributed by atoms with E-state index in [9.17, 15) is 0 Å². The van der Waals surface area contributed by atoms with Crippen LogP contribution >= 0.6 is 11.8 Å². The summed E-state index contributed by atoms with van der Waals surface area (Å²) < 4.78 is 7.51. The second-order valence-corrected chi connectivity index (χ2v) is 7.73. The van der Waals surface area contributed by atoms with Gasteiger partial charge < -0.3 is 4.52 Å². The van der Waals surface area contributed by atoms with Crippen LogP contribution in [0, 0.1) is 0 Å². The van der Waals surface area contributed by atoms with Crippen LogP contribution in [0.5, 0.6) is 0 Å². The SMILES string of the molecule is c1ccc(Cn2c(SCc3noc(-c4ccccc4)n3)nnc2-c2cccnc2)cc1. The van der Waals surface area contributed by atoms with Gasteiger partial charge in [0.1, 0.15) is 0 Å². The largest absolute Gasteiger partial charge is 0.334 e. The smallest absolute Gasteiger partial charge is 0.257 e. The minimum absolute atomic E-state index is 0.512. The van der Waals surface area contributed by atoms with Crippen LogP contribution < -0.4 is 0 Å². The molecule has 0 amide bonds. The van der Waals surface area contributed by atoms with Crippen molar-refractivity contribution in [3.8, 4) is 22.8 Å². The van der Waals surface area contributed by atoms with Gasteiger partial charge in [0, 0.05) is 23.5 Å². The minimum atomic E-state index is 0.512. The van der Waals surface area contributed by atoms with Crippen LogP contribution in [-0.2, 0) is 12.3 Å². The lowest BCUT2D eigenvalue weighted by molar-refractivity contribution is 0.425. The molecule has 0 bridgehead atoms. The lowest BCUT2D eigenvalue weighted by atomic mass is 10.2. The Kier molecular flexibility index (Phi) is 5.53. The van der Waals surface area contributed by atoms with Gasteiger partial charge in [-0.15, -0.1) is 10.2 Å². The number of nitrogens with zero attached hydrogens (tertiary/aromatic N) is 6. The molecule has 7 nitrogen and oxygen atoms in total. The Labute approximate surface area is 183 Å². The van der Waals surface area contributed by atoms with Gasteiger partial charge in [-0.2, -0.15) is 4.98 Å². The average Bonchev–Trinajstić information content (AvgIpc) is 3.47. The molecule has 3 aromatic heterocycles. The Morgan fingerprint density at radius 3 is 2.39 bits per heavy atom. The van der Waals surface area contributed by atoms with E-state index in [2.05, 4.69) is 42.0 Å². The molecule has 0 atom stereocenters. The fourth-order valence-electron chi connectivity index (χ4n) is 3.15. The fraction of sp³-hybridized carbons (Fsp3) is 0.0870. The summed E-state index contributed by atoms with van der Waals surface area (Å²) in [7, 11) is 0. The van der Waals surface area contributed by atoms with Gasteiger partial charge in [0.25, 0.3) is 5.89 Å². The van der Waals surface area contributed by atoms with Gasteiger partial charge in [-0.3, -0.25) is 9.55 Å². The second kappa shape index (κ2) is 8.93. The standard InChI is InChI=1S/C23H18N6OS/c1-3-8-17(9-4-1)15-29-21(19-12-7-13-24-14-19)26-27-23(29)31-16-20-25-22(30-28-20)18-10-5-2-6-11-18/h1-14H,15-16H2. The van der Waals surface area contributed by atoms with Gasteiger partial charge in [0.05, 0.1) is 12.3 Å². The predicted molar refractivity (Wildman–Crippen MR) is 118 cm³/mol. The van der Waals surface area contributed by atoms with Crippen molar-refractivity contribution in [1.29, 1.82) is 0 Å². The summed E-state index contributed by atoms with van der Waals surface area (Å²) in [5.41, 5.74) is 2.99. The summed E-state index contributed by atoms with van der Waals surface area (Å²) in [6.07, 6.45) is 3.54. The Hall–Kier alpha value is -3.78. The minimum Gasteiger partial charge on any atom is -0.334 e. The molecule has 0 saturated carbocycles. The zero-order valence-electron chi connectivity index (χ0n) is 16.5. The molecular formula is C23H18N6OS. The summed E-state index contributed by atoms with van der Waals surface area (Å²) in [5, 5.41) is 13.8. The molecule has 31 heavy (non-hydrogen) atoms. The summed E-state index contributed by atoms with van der Waals surface area (Å²) in [6.45, 7) is 0.655. The highest BCUT2D eigenvalue weighted by Crippen LogP contribution is 2.27. The molecule has 152 valence electrons. The lowest BCUT2D eigenvalue weighted by Gasteiger charge is -2.10. The first-order chi connectivity index (χ1) is 15.4. The third-order valence-electron chi connectivity index (χ3n) is 4.64. The maximum Gasteiger partial charge on any atom is 0.257 e. The molecule has 0 N–H and O–H groups in total. The van der Waals surface area contributed by atoms with Gasteiger partial charge in [-0.05, 0) is 29.8 Å². The number of rotatable bonds is 7. The third-order valence-corrected chi connectivity index (χ3v) is 5.60. The van der Waals surface area contributed by atoms with Crippen molar-refractivity contribution < 1.29 is 4.52 Å². The number of hydrogen-bond donors (Lipinski definition) is 0. The first-order valence-electron chi connectivity index (χ1n) is 9.75. The Bertz CT molecular complexity index is 1260. The van der Waals surface area contributed by atoms with Crippen LogP contribution in [0.2, 0.25) is 0 Å². The van der Waals surface area contributed by atoms with Crippen molar-refractivity contribution in [1.82, 2.24) is 29.9 Å². The zero-order valence-corrected chi connectivity index (χ0v) is 17.3. The van der Waals surface area contributed by atoms with Crippen molar-refractivity contribution in [2.24, 2.45) is 0 Å². The van der Waals surface area contributed by atoms with Gasteiger partial charge in [0.2, 0.25) is 0 Å². The monoisotopic (exact) mass is 426 g/mol. The first kappa shape index (κ1) is 19.2. The van der Waals surface area contributed by atoms with E-state index in [-0.39, 0.29) is 0 Å². The number of benzene rings is 2. The van der Waals surface area contributed by atoms with E-state index in [1.807, 2.05) is 60.7 Å². The molecular weight excluding hydrogens is 408 g/mol. The molecule has 2 aromatic carbocycles. The molecule has 8 heteroatoms. The van der Waals surface area contributed by atoms with Gasteiger partial charge in [0.15, 0.2) is 16.8 Å². The zero-order chi connectivity index (χ0) is 20.9. The highest BCUT2D eigenvalue weighted by atomic mass is 32.2. The Balaban J connectivity index is 1.40. The van der Waals surface area contributed by atoms with E-state index in [1.165, 1.54) is 17.3 Å². The van der Waals surface area contributed by atoms with E-state index < -0.39 is 0 Å². The van der Waals surface area contributed by atoms with Crippen LogP contribution in [0.4, 0.5) is 0 Å². The molecule has 5 aromatic rings. The van der Waals surface area contributed by atoms with Crippen LogP contribution in [0.1, 0.15) is 11.4 Å². The summed E-state index contributed by atoms with van der Waals surface area (Å²) in [4.78, 5) is 8.73. The van der Waals surface area contributed by atoms with Crippen molar-refractivity contribution in [3.05, 3.63) is 96.6 Å². The van der Waals surface area contributed by atoms with Crippen LogP contribution in [0.15, 0.2) is 94.9 Å². The molecule has 0 fully saturated rings. The van der Waals surface area contributed by atoms with Crippen molar-refractivity contribution in [2.75, 3.05) is 0 Å². The highest BCUT2D eigenvalue weighted by Gasteiger charge is 2.17. The highest BCUT2D eigenvalue weighted by molar-refractivity contribution is 7.98. The maximum atomic E-state index is 5.41. The Morgan fingerprint density at radius 1 is 0.839 bits per heavy atom. The second-order valence-electron chi connectivity index (χ2n) is 6.79. The maximum absolute atomic E-state index is 5.41. The van der Waals surface area contributed by atoms with Crippen molar-refractivity contribution in [3.63, 3.8) is 0 Å². The molecule has 0 spiro atoms. The lowest BCUT2D eigenvalue weighted by Crippen LogP contribution is -2.04. The van der Waals surface area contributed by atoms with Gasteiger partial charge in [-0.25, -0.2) is 0 Å². The van der Waals surface area contributed by atoms with E-state index in [1.54, 1.807) is 12.4 Å². The molecule has 0 radical (unpaired) electrons. The quantitative estimate of drug-likeness (QED) is 0.348.